The molecule has 1 aliphatic rings. The quantitative estimate of drug-likeness (QED) is 0.866. The summed E-state index contributed by atoms with van der Waals surface area (Å²) in [5.74, 6) is 0.897. The number of amides is 1. The highest BCUT2D eigenvalue weighted by Crippen LogP contribution is 2.23. The van der Waals surface area contributed by atoms with Gasteiger partial charge in [-0.3, -0.25) is 9.78 Å². The molecule has 2 heterocycles. The van der Waals surface area contributed by atoms with Crippen molar-refractivity contribution in [3.63, 3.8) is 0 Å². The number of anilines is 1. The summed E-state index contributed by atoms with van der Waals surface area (Å²) in [4.78, 5) is 18.6. The third kappa shape index (κ3) is 5.73. The molecule has 1 amide bonds. The highest BCUT2D eigenvalue weighted by molar-refractivity contribution is 5.85. The Morgan fingerprint density at radius 1 is 1.15 bits per heavy atom. The minimum Gasteiger partial charge on any atom is -0.397 e. The van der Waals surface area contributed by atoms with Crippen molar-refractivity contribution < 1.29 is 4.79 Å². The van der Waals surface area contributed by atoms with E-state index in [1.807, 2.05) is 11.0 Å². The number of carbonyl (C=O) groups excluding carboxylic acids is 1. The second-order valence-corrected chi connectivity index (χ2v) is 7.11. The molecule has 1 saturated heterocycles. The van der Waals surface area contributed by atoms with E-state index in [0.29, 0.717) is 12.1 Å². The van der Waals surface area contributed by atoms with E-state index >= 15 is 0 Å². The molecule has 0 spiro atoms. The van der Waals surface area contributed by atoms with Crippen molar-refractivity contribution in [2.24, 2.45) is 5.92 Å². The molecule has 2 N–H and O–H groups in total. The normalized spacial score (nSPS) is 14.7. The number of benzene rings is 1. The zero-order valence-corrected chi connectivity index (χ0v) is 16.2. The van der Waals surface area contributed by atoms with Crippen LogP contribution in [0.25, 0.3) is 0 Å². The Hall–Kier alpha value is -2.07. The van der Waals surface area contributed by atoms with Crippen molar-refractivity contribution in [3.8, 4) is 0 Å². The first-order valence-electron chi connectivity index (χ1n) is 9.14. The average Bonchev–Trinajstić information content (AvgIpc) is 2.63. The summed E-state index contributed by atoms with van der Waals surface area (Å²) >= 11 is 0. The van der Waals surface area contributed by atoms with Gasteiger partial charge in [0.2, 0.25) is 5.91 Å². The lowest BCUT2D eigenvalue weighted by Gasteiger charge is -2.32. The van der Waals surface area contributed by atoms with Gasteiger partial charge in [0.1, 0.15) is 0 Å². The maximum absolute atomic E-state index is 12.4. The van der Waals surface area contributed by atoms with Gasteiger partial charge in [-0.2, -0.15) is 0 Å². The minimum absolute atomic E-state index is 0. The third-order valence-corrected chi connectivity index (χ3v) is 5.11. The predicted octanol–water partition coefficient (Wildman–Crippen LogP) is 3.81. The van der Waals surface area contributed by atoms with Gasteiger partial charge in [-0.15, -0.1) is 12.4 Å². The molecule has 26 heavy (non-hydrogen) atoms. The summed E-state index contributed by atoms with van der Waals surface area (Å²) in [6.07, 6.45) is 6.53. The van der Waals surface area contributed by atoms with Crippen molar-refractivity contribution in [1.82, 2.24) is 9.88 Å². The van der Waals surface area contributed by atoms with Gasteiger partial charge in [-0.1, -0.05) is 29.8 Å². The molecule has 140 valence electrons. The van der Waals surface area contributed by atoms with Crippen LogP contribution in [0.3, 0.4) is 0 Å². The number of hydrogen-bond acceptors (Lipinski definition) is 3. The highest BCUT2D eigenvalue weighted by atomic mass is 35.5. The molecule has 0 aliphatic carbocycles. The molecule has 0 saturated carbocycles. The topological polar surface area (TPSA) is 59.2 Å². The molecule has 1 fully saturated rings. The Bertz CT molecular complexity index is 692. The van der Waals surface area contributed by atoms with Crippen LogP contribution in [0.1, 0.15) is 36.1 Å². The number of nitrogens with two attached hydrogens (primary N) is 1. The molecule has 4 nitrogen and oxygen atoms in total. The minimum atomic E-state index is 0. The van der Waals surface area contributed by atoms with Crippen molar-refractivity contribution >= 4 is 24.0 Å². The van der Waals surface area contributed by atoms with Crippen molar-refractivity contribution in [2.75, 3.05) is 18.8 Å². The van der Waals surface area contributed by atoms with Gasteiger partial charge in [0, 0.05) is 18.8 Å². The summed E-state index contributed by atoms with van der Waals surface area (Å²) in [5, 5.41) is 0. The number of hydrogen-bond donors (Lipinski definition) is 1. The molecule has 5 heteroatoms. The Kier molecular flexibility index (Phi) is 7.46. The fourth-order valence-electron chi connectivity index (χ4n) is 3.40. The monoisotopic (exact) mass is 373 g/mol. The Labute approximate surface area is 162 Å². The summed E-state index contributed by atoms with van der Waals surface area (Å²) < 4.78 is 0. The van der Waals surface area contributed by atoms with Crippen LogP contribution in [-0.4, -0.2) is 28.9 Å². The fourth-order valence-corrected chi connectivity index (χ4v) is 3.40. The number of aryl methyl sites for hydroxylation is 2. The van der Waals surface area contributed by atoms with Crippen LogP contribution in [-0.2, 0) is 17.6 Å². The second kappa shape index (κ2) is 9.58. The molecule has 1 aromatic carbocycles. The standard InChI is InChI=1S/C21H27N3O.ClH/c1-16-2-4-17(5-3-16)6-7-18-10-12-24(13-11-18)21(25)14-20-9-8-19(22)15-23-20;/h2-5,8-9,15,18H,6-7,10-14,22H2,1H3;1H. The van der Waals surface area contributed by atoms with E-state index in [-0.39, 0.29) is 18.3 Å². The molecule has 0 unspecified atom stereocenters. The largest absolute Gasteiger partial charge is 0.397 e. The summed E-state index contributed by atoms with van der Waals surface area (Å²) in [6.45, 7) is 3.86. The van der Waals surface area contributed by atoms with Gasteiger partial charge in [-0.25, -0.2) is 0 Å². The number of pyridine rings is 1. The van der Waals surface area contributed by atoms with E-state index in [1.165, 1.54) is 17.5 Å². The lowest BCUT2D eigenvalue weighted by atomic mass is 9.90. The number of halogens is 1. The van der Waals surface area contributed by atoms with E-state index in [9.17, 15) is 4.79 Å². The van der Waals surface area contributed by atoms with Crippen LogP contribution in [0, 0.1) is 12.8 Å². The zero-order valence-electron chi connectivity index (χ0n) is 15.4. The smallest absolute Gasteiger partial charge is 0.228 e. The van der Waals surface area contributed by atoms with Gasteiger partial charge >= 0.3 is 0 Å². The molecule has 0 bridgehead atoms. The molecule has 0 radical (unpaired) electrons. The lowest BCUT2D eigenvalue weighted by molar-refractivity contribution is -0.131. The van der Waals surface area contributed by atoms with Crippen molar-refractivity contribution in [3.05, 3.63) is 59.4 Å². The van der Waals surface area contributed by atoms with Gasteiger partial charge in [-0.05, 0) is 56.2 Å². The predicted molar refractivity (Wildman–Crippen MR) is 108 cm³/mol. The third-order valence-electron chi connectivity index (χ3n) is 5.11. The first-order valence-corrected chi connectivity index (χ1v) is 9.14. The van der Waals surface area contributed by atoms with E-state index in [1.54, 1.807) is 12.3 Å². The number of likely N-dealkylation sites (tertiary alicyclic amines) is 1. The number of piperidine rings is 1. The van der Waals surface area contributed by atoms with Crippen molar-refractivity contribution in [2.45, 2.75) is 39.0 Å². The van der Waals surface area contributed by atoms with Crippen LogP contribution >= 0.6 is 12.4 Å². The summed E-state index contributed by atoms with van der Waals surface area (Å²) in [6, 6.07) is 12.5. The molecular weight excluding hydrogens is 346 g/mol. The zero-order chi connectivity index (χ0) is 17.6. The van der Waals surface area contributed by atoms with Crippen LogP contribution < -0.4 is 5.73 Å². The number of rotatable bonds is 5. The molecule has 1 aliphatic heterocycles. The van der Waals surface area contributed by atoms with E-state index in [0.717, 1.165) is 44.0 Å². The number of aromatic nitrogens is 1. The van der Waals surface area contributed by atoms with E-state index < -0.39 is 0 Å². The van der Waals surface area contributed by atoms with Gasteiger partial charge < -0.3 is 10.6 Å². The number of nitrogen functional groups attached to an aromatic ring is 1. The number of carbonyl (C=O) groups is 1. The van der Waals surface area contributed by atoms with Gasteiger partial charge in [0.15, 0.2) is 0 Å². The number of nitrogens with zero attached hydrogens (tertiary/aromatic N) is 2. The molecule has 0 atom stereocenters. The van der Waals surface area contributed by atoms with E-state index in [2.05, 4.69) is 36.2 Å². The summed E-state index contributed by atoms with van der Waals surface area (Å²) in [5.41, 5.74) is 9.78. The molecular formula is C21H28ClN3O. The van der Waals surface area contributed by atoms with Crippen LogP contribution in [0.15, 0.2) is 42.6 Å². The first kappa shape index (κ1) is 20.2. The second-order valence-electron chi connectivity index (χ2n) is 7.11. The van der Waals surface area contributed by atoms with Gasteiger partial charge in [0.05, 0.1) is 18.3 Å². The van der Waals surface area contributed by atoms with Gasteiger partial charge in [0.25, 0.3) is 0 Å². The average molecular weight is 374 g/mol. The first-order chi connectivity index (χ1) is 12.1. The summed E-state index contributed by atoms with van der Waals surface area (Å²) in [7, 11) is 0. The fraction of sp³-hybridized carbons (Fsp3) is 0.429. The Balaban J connectivity index is 0.00000243. The molecule has 2 aromatic rings. The SMILES string of the molecule is Cc1ccc(CCC2CCN(C(=O)Cc3ccc(N)cn3)CC2)cc1.Cl. The van der Waals surface area contributed by atoms with E-state index in [4.69, 9.17) is 5.73 Å². The van der Waals surface area contributed by atoms with Crippen LogP contribution in [0.2, 0.25) is 0 Å². The molecule has 1 aromatic heterocycles. The van der Waals surface area contributed by atoms with Crippen LogP contribution in [0.4, 0.5) is 5.69 Å². The van der Waals surface area contributed by atoms with Crippen molar-refractivity contribution in [1.29, 1.82) is 0 Å². The molecule has 3 rings (SSSR count). The maximum atomic E-state index is 12.4. The maximum Gasteiger partial charge on any atom is 0.228 e. The van der Waals surface area contributed by atoms with Crippen LogP contribution in [0.5, 0.6) is 0 Å². The lowest BCUT2D eigenvalue weighted by Crippen LogP contribution is -2.39. The highest BCUT2D eigenvalue weighted by Gasteiger charge is 2.22. The Morgan fingerprint density at radius 2 is 1.85 bits per heavy atom. The Morgan fingerprint density at radius 3 is 2.46 bits per heavy atom.